The molecule has 0 bridgehead atoms. The molecule has 0 aromatic heterocycles. The van der Waals surface area contributed by atoms with Gasteiger partial charge in [0.15, 0.2) is 0 Å². The average molecular weight is 283 g/mol. The van der Waals surface area contributed by atoms with Crippen molar-refractivity contribution in [2.75, 3.05) is 0 Å². The molecule has 1 rings (SSSR count). The first kappa shape index (κ1) is 12.0. The molecule has 0 unspecified atom stereocenters. The summed E-state index contributed by atoms with van der Waals surface area (Å²) < 4.78 is 37.1. The molecule has 0 radical (unpaired) electrons. The third kappa shape index (κ3) is 2.69. The maximum Gasteiger partial charge on any atom is 0.417 e. The second kappa shape index (κ2) is 4.19. The number of benzene rings is 1. The first-order chi connectivity index (χ1) is 6.86. The number of rotatable bonds is 1. The van der Waals surface area contributed by atoms with E-state index in [1.165, 1.54) is 6.07 Å². The lowest BCUT2D eigenvalue weighted by molar-refractivity contribution is -0.138. The van der Waals surface area contributed by atoms with Gasteiger partial charge >= 0.3 is 6.18 Å². The minimum Gasteiger partial charge on any atom is -0.290 e. The van der Waals surface area contributed by atoms with Gasteiger partial charge in [-0.3, -0.25) is 10.2 Å². The minimum atomic E-state index is -4.51. The fraction of sp³-hybridized carbons (Fsp3) is 0.125. The van der Waals surface area contributed by atoms with Gasteiger partial charge in [0.1, 0.15) is 0 Å². The average Bonchev–Trinajstić information content (AvgIpc) is 2.15. The molecule has 1 aromatic rings. The molecule has 1 amide bonds. The number of nitrogens with two attached hydrogens (primary N) is 1. The molecule has 0 spiro atoms. The number of halogens is 4. The van der Waals surface area contributed by atoms with Gasteiger partial charge in [-0.25, -0.2) is 5.84 Å². The first-order valence-corrected chi connectivity index (χ1v) is 4.53. The molecule has 3 nitrogen and oxygen atoms in total. The van der Waals surface area contributed by atoms with E-state index in [2.05, 4.69) is 15.9 Å². The van der Waals surface area contributed by atoms with Crippen LogP contribution in [0, 0.1) is 0 Å². The zero-order valence-electron chi connectivity index (χ0n) is 7.23. The number of nitrogens with one attached hydrogen (secondary N) is 1. The number of hydrogen-bond acceptors (Lipinski definition) is 2. The van der Waals surface area contributed by atoms with Gasteiger partial charge < -0.3 is 0 Å². The van der Waals surface area contributed by atoms with Crippen molar-refractivity contribution in [3.05, 3.63) is 33.8 Å². The van der Waals surface area contributed by atoms with Crippen LogP contribution in [-0.4, -0.2) is 5.91 Å². The molecule has 0 fully saturated rings. The van der Waals surface area contributed by atoms with E-state index in [9.17, 15) is 18.0 Å². The van der Waals surface area contributed by atoms with E-state index < -0.39 is 17.6 Å². The Morgan fingerprint density at radius 2 is 2.00 bits per heavy atom. The van der Waals surface area contributed by atoms with Crippen LogP contribution in [-0.2, 0) is 6.18 Å². The molecule has 0 heterocycles. The summed E-state index contributed by atoms with van der Waals surface area (Å²) in [5, 5.41) is 0. The fourth-order valence-electron chi connectivity index (χ4n) is 0.967. The predicted octanol–water partition coefficient (Wildman–Crippen LogP) is 2.07. The topological polar surface area (TPSA) is 55.1 Å². The van der Waals surface area contributed by atoms with Crippen LogP contribution in [0.15, 0.2) is 22.7 Å². The van der Waals surface area contributed by atoms with Crippen LogP contribution in [0.2, 0.25) is 0 Å². The van der Waals surface area contributed by atoms with E-state index in [4.69, 9.17) is 5.84 Å². The summed E-state index contributed by atoms with van der Waals surface area (Å²) >= 11 is 2.75. The van der Waals surface area contributed by atoms with Gasteiger partial charge in [-0.2, -0.15) is 13.2 Å². The Morgan fingerprint density at radius 3 is 2.47 bits per heavy atom. The van der Waals surface area contributed by atoms with E-state index in [0.29, 0.717) is 0 Å². The zero-order chi connectivity index (χ0) is 11.6. The standard InChI is InChI=1S/C8H6BrF3N2O/c9-6-2-1-4(7(15)14-13)3-5(6)8(10,11)12/h1-3H,13H2,(H,14,15). The lowest BCUT2D eigenvalue weighted by Crippen LogP contribution is -2.30. The third-order valence-corrected chi connectivity index (χ3v) is 2.36. The van der Waals surface area contributed by atoms with E-state index in [-0.39, 0.29) is 10.0 Å². The van der Waals surface area contributed by atoms with Gasteiger partial charge in [-0.15, -0.1) is 0 Å². The van der Waals surface area contributed by atoms with Gasteiger partial charge in [0, 0.05) is 10.0 Å². The third-order valence-electron chi connectivity index (χ3n) is 1.67. The number of hydrazine groups is 1. The van der Waals surface area contributed by atoms with Gasteiger partial charge in [-0.05, 0) is 18.2 Å². The number of carbonyl (C=O) groups is 1. The Morgan fingerprint density at radius 1 is 1.40 bits per heavy atom. The van der Waals surface area contributed by atoms with Crippen LogP contribution < -0.4 is 11.3 Å². The summed E-state index contributed by atoms with van der Waals surface area (Å²) in [5.41, 5.74) is 0.699. The summed E-state index contributed by atoms with van der Waals surface area (Å²) in [6, 6.07) is 3.11. The predicted molar refractivity (Wildman–Crippen MR) is 50.8 cm³/mol. The van der Waals surface area contributed by atoms with Crippen LogP contribution in [0.25, 0.3) is 0 Å². The molecule has 0 saturated heterocycles. The van der Waals surface area contributed by atoms with Crippen molar-refractivity contribution in [3.8, 4) is 0 Å². The molecular formula is C8H6BrF3N2O. The second-order valence-electron chi connectivity index (χ2n) is 2.67. The quantitative estimate of drug-likeness (QED) is 0.471. The number of amides is 1. The molecule has 82 valence electrons. The van der Waals surface area contributed by atoms with Crippen molar-refractivity contribution < 1.29 is 18.0 Å². The normalized spacial score (nSPS) is 11.3. The van der Waals surface area contributed by atoms with Gasteiger partial charge in [0.05, 0.1) is 5.56 Å². The van der Waals surface area contributed by atoms with Crippen LogP contribution in [0.3, 0.4) is 0 Å². The van der Waals surface area contributed by atoms with Crippen molar-refractivity contribution >= 4 is 21.8 Å². The van der Waals surface area contributed by atoms with Gasteiger partial charge in [0.2, 0.25) is 0 Å². The zero-order valence-corrected chi connectivity index (χ0v) is 8.82. The molecule has 1 aromatic carbocycles. The molecule has 0 aliphatic carbocycles. The van der Waals surface area contributed by atoms with E-state index >= 15 is 0 Å². The molecule has 3 N–H and O–H groups in total. The summed E-state index contributed by atoms with van der Waals surface area (Å²) in [4.78, 5) is 11.0. The number of hydrogen-bond donors (Lipinski definition) is 2. The molecule has 7 heteroatoms. The molecule has 0 atom stereocenters. The molecular weight excluding hydrogens is 277 g/mol. The molecule has 0 aliphatic rings. The van der Waals surface area contributed by atoms with Crippen molar-refractivity contribution in [1.29, 1.82) is 0 Å². The summed E-state index contributed by atoms with van der Waals surface area (Å²) in [6.45, 7) is 0. The highest BCUT2D eigenvalue weighted by molar-refractivity contribution is 9.10. The van der Waals surface area contributed by atoms with E-state index in [1.807, 2.05) is 0 Å². The minimum absolute atomic E-state index is 0.122. The first-order valence-electron chi connectivity index (χ1n) is 3.74. The van der Waals surface area contributed by atoms with Crippen LogP contribution in [0.4, 0.5) is 13.2 Å². The highest BCUT2D eigenvalue weighted by Crippen LogP contribution is 2.35. The van der Waals surface area contributed by atoms with Gasteiger partial charge in [-0.1, -0.05) is 15.9 Å². The molecule has 0 saturated carbocycles. The Kier molecular flexibility index (Phi) is 3.35. The largest absolute Gasteiger partial charge is 0.417 e. The number of nitrogen functional groups attached to an aromatic ring is 1. The number of carbonyl (C=O) groups excluding carboxylic acids is 1. The van der Waals surface area contributed by atoms with Crippen molar-refractivity contribution in [1.82, 2.24) is 5.43 Å². The van der Waals surface area contributed by atoms with Crippen LogP contribution in [0.5, 0.6) is 0 Å². The van der Waals surface area contributed by atoms with E-state index in [0.717, 1.165) is 12.1 Å². The Hall–Kier alpha value is -1.08. The van der Waals surface area contributed by atoms with Crippen molar-refractivity contribution in [3.63, 3.8) is 0 Å². The SMILES string of the molecule is NNC(=O)c1ccc(Br)c(C(F)(F)F)c1. The Labute approximate surface area is 91.5 Å². The smallest absolute Gasteiger partial charge is 0.290 e. The Bertz CT molecular complexity index is 392. The van der Waals surface area contributed by atoms with Crippen LogP contribution >= 0.6 is 15.9 Å². The molecule has 0 aliphatic heterocycles. The fourth-order valence-corrected chi connectivity index (χ4v) is 1.44. The second-order valence-corrected chi connectivity index (χ2v) is 3.52. The van der Waals surface area contributed by atoms with Crippen molar-refractivity contribution in [2.45, 2.75) is 6.18 Å². The number of alkyl halides is 3. The van der Waals surface area contributed by atoms with Crippen LogP contribution in [0.1, 0.15) is 15.9 Å². The van der Waals surface area contributed by atoms with E-state index in [1.54, 1.807) is 5.43 Å². The van der Waals surface area contributed by atoms with Crippen molar-refractivity contribution in [2.24, 2.45) is 5.84 Å². The highest BCUT2D eigenvalue weighted by Gasteiger charge is 2.33. The maximum absolute atomic E-state index is 12.4. The summed E-state index contributed by atoms with van der Waals surface area (Å²) in [6.07, 6.45) is -4.51. The lowest BCUT2D eigenvalue weighted by Gasteiger charge is -2.10. The monoisotopic (exact) mass is 282 g/mol. The summed E-state index contributed by atoms with van der Waals surface area (Å²) in [5.74, 6) is 4.04. The molecule has 15 heavy (non-hydrogen) atoms. The Balaban J connectivity index is 3.23. The highest BCUT2D eigenvalue weighted by atomic mass is 79.9. The van der Waals surface area contributed by atoms with Gasteiger partial charge in [0.25, 0.3) is 5.91 Å². The summed E-state index contributed by atoms with van der Waals surface area (Å²) in [7, 11) is 0. The maximum atomic E-state index is 12.4. The lowest BCUT2D eigenvalue weighted by atomic mass is 10.1.